The summed E-state index contributed by atoms with van der Waals surface area (Å²) in [5.41, 5.74) is 1.01. The van der Waals surface area contributed by atoms with E-state index in [2.05, 4.69) is 15.6 Å². The van der Waals surface area contributed by atoms with Gasteiger partial charge in [-0.25, -0.2) is 4.99 Å². The van der Waals surface area contributed by atoms with E-state index in [4.69, 9.17) is 21.3 Å². The first-order valence-corrected chi connectivity index (χ1v) is 7.66. The molecule has 0 saturated carbocycles. The van der Waals surface area contributed by atoms with Crippen LogP contribution in [0.25, 0.3) is 0 Å². The van der Waals surface area contributed by atoms with Crippen LogP contribution in [0.2, 0.25) is 5.02 Å². The van der Waals surface area contributed by atoms with Crippen molar-refractivity contribution in [3.63, 3.8) is 0 Å². The first-order valence-electron chi connectivity index (χ1n) is 6.06. The Morgan fingerprint density at radius 2 is 2.27 bits per heavy atom. The van der Waals surface area contributed by atoms with E-state index in [0.29, 0.717) is 21.6 Å². The Balaban J connectivity index is 2.16. The summed E-state index contributed by atoms with van der Waals surface area (Å²) in [5, 5.41) is 14.5. The number of amides is 1. The van der Waals surface area contributed by atoms with Gasteiger partial charge in [-0.1, -0.05) is 23.4 Å². The second-order valence-electron chi connectivity index (χ2n) is 3.95. The lowest BCUT2D eigenvalue weighted by molar-refractivity contribution is 0.0996. The normalized spacial score (nSPS) is 10.9. The van der Waals surface area contributed by atoms with Gasteiger partial charge in [-0.3, -0.25) is 10.1 Å². The van der Waals surface area contributed by atoms with Crippen molar-refractivity contribution in [1.29, 1.82) is 5.26 Å². The molecule has 2 rings (SSSR count). The van der Waals surface area contributed by atoms with Gasteiger partial charge in [-0.15, -0.1) is 0 Å². The maximum atomic E-state index is 11.9. The molecule has 0 aliphatic carbocycles. The minimum Gasteiger partial charge on any atom is -0.459 e. The van der Waals surface area contributed by atoms with Crippen molar-refractivity contribution in [2.24, 2.45) is 4.99 Å². The number of nitriles is 1. The topological polar surface area (TPSA) is 90.4 Å². The minimum absolute atomic E-state index is 0.195. The highest BCUT2D eigenvalue weighted by molar-refractivity contribution is 8.13. The van der Waals surface area contributed by atoms with Gasteiger partial charge < -0.3 is 9.73 Å². The molecule has 112 valence electrons. The number of carbonyl (C=O) groups excluding carboxylic acids is 1. The summed E-state index contributed by atoms with van der Waals surface area (Å²) in [6.45, 7) is 0. The molecular formula is C14H11ClN4O2S. The molecule has 1 amide bonds. The predicted octanol–water partition coefficient (Wildman–Crippen LogP) is 3.61. The van der Waals surface area contributed by atoms with E-state index < -0.39 is 0 Å². The van der Waals surface area contributed by atoms with Gasteiger partial charge in [0.2, 0.25) is 0 Å². The largest absolute Gasteiger partial charge is 0.459 e. The number of nitrogens with one attached hydrogen (secondary N) is 2. The highest BCUT2D eigenvalue weighted by atomic mass is 35.5. The van der Waals surface area contributed by atoms with Crippen LogP contribution in [0.3, 0.4) is 0 Å². The van der Waals surface area contributed by atoms with E-state index in [1.165, 1.54) is 18.0 Å². The van der Waals surface area contributed by atoms with Crippen molar-refractivity contribution in [2.75, 3.05) is 11.6 Å². The molecule has 1 aromatic heterocycles. The third-order valence-electron chi connectivity index (χ3n) is 2.53. The number of furan rings is 1. The third-order valence-corrected chi connectivity index (χ3v) is 3.43. The molecule has 1 aromatic carbocycles. The summed E-state index contributed by atoms with van der Waals surface area (Å²) in [6, 6.07) is 8.08. The fraction of sp³-hybridized carbons (Fsp3) is 0.0714. The molecular weight excluding hydrogens is 324 g/mol. The Bertz CT molecular complexity index is 738. The van der Waals surface area contributed by atoms with Crippen molar-refractivity contribution >= 4 is 45.8 Å². The van der Waals surface area contributed by atoms with Crippen LogP contribution in [0.15, 0.2) is 46.0 Å². The second kappa shape index (κ2) is 7.54. The van der Waals surface area contributed by atoms with E-state index >= 15 is 0 Å². The molecule has 0 unspecified atom stereocenters. The van der Waals surface area contributed by atoms with Crippen LogP contribution in [0.5, 0.6) is 0 Å². The summed E-state index contributed by atoms with van der Waals surface area (Å²) < 4.78 is 5.01. The molecule has 0 aliphatic heterocycles. The summed E-state index contributed by atoms with van der Waals surface area (Å²) in [6.07, 6.45) is 5.02. The van der Waals surface area contributed by atoms with Crippen molar-refractivity contribution in [1.82, 2.24) is 5.32 Å². The number of aliphatic imine (C=N–C) groups is 1. The molecule has 0 fully saturated rings. The van der Waals surface area contributed by atoms with Gasteiger partial charge in [-0.2, -0.15) is 5.26 Å². The fourth-order valence-electron chi connectivity index (χ4n) is 1.56. The zero-order valence-electron chi connectivity index (χ0n) is 11.5. The fourth-order valence-corrected chi connectivity index (χ4v) is 2.12. The molecule has 0 atom stereocenters. The third kappa shape index (κ3) is 4.04. The minimum atomic E-state index is -0.390. The van der Waals surface area contributed by atoms with Gasteiger partial charge in [0.25, 0.3) is 5.91 Å². The molecule has 1 heterocycles. The van der Waals surface area contributed by atoms with E-state index in [9.17, 15) is 4.79 Å². The van der Waals surface area contributed by atoms with Crippen LogP contribution < -0.4 is 10.6 Å². The number of nitrogens with zero attached hydrogens (tertiary/aromatic N) is 2. The molecule has 2 aromatic rings. The van der Waals surface area contributed by atoms with Crippen molar-refractivity contribution in [3.8, 4) is 6.19 Å². The Hall–Kier alpha value is -2.43. The molecule has 0 saturated heterocycles. The van der Waals surface area contributed by atoms with Crippen LogP contribution in [-0.2, 0) is 0 Å². The maximum Gasteiger partial charge on any atom is 0.291 e. The average molecular weight is 335 g/mol. The average Bonchev–Trinajstić information content (AvgIpc) is 3.04. The molecule has 22 heavy (non-hydrogen) atoms. The van der Waals surface area contributed by atoms with Crippen LogP contribution in [0.4, 0.5) is 11.4 Å². The van der Waals surface area contributed by atoms with Gasteiger partial charge in [0.1, 0.15) is 0 Å². The van der Waals surface area contributed by atoms with E-state index in [-0.39, 0.29) is 11.7 Å². The number of amidine groups is 1. The Morgan fingerprint density at radius 3 is 2.86 bits per heavy atom. The van der Waals surface area contributed by atoms with Crippen LogP contribution in [0, 0.1) is 11.5 Å². The van der Waals surface area contributed by atoms with E-state index in [0.717, 1.165) is 0 Å². The monoisotopic (exact) mass is 334 g/mol. The summed E-state index contributed by atoms with van der Waals surface area (Å²) >= 11 is 7.43. The molecule has 0 bridgehead atoms. The van der Waals surface area contributed by atoms with Gasteiger partial charge in [-0.05, 0) is 36.6 Å². The number of benzene rings is 1. The number of thioether (sulfide) groups is 1. The summed E-state index contributed by atoms with van der Waals surface area (Å²) in [7, 11) is 0. The SMILES string of the molecule is CSC(=Nc1ccc(NC(=O)c2ccco2)c(Cl)c1)NC#N. The lowest BCUT2D eigenvalue weighted by Gasteiger charge is -2.07. The smallest absolute Gasteiger partial charge is 0.291 e. The lowest BCUT2D eigenvalue weighted by Crippen LogP contribution is -2.12. The van der Waals surface area contributed by atoms with Gasteiger partial charge >= 0.3 is 0 Å². The molecule has 0 aliphatic rings. The van der Waals surface area contributed by atoms with Crippen LogP contribution in [-0.4, -0.2) is 17.3 Å². The standard InChI is InChI=1S/C14H11ClN4O2S/c1-22-14(17-8-16)18-9-4-5-11(10(15)7-9)19-13(20)12-3-2-6-21-12/h2-7H,1H3,(H,17,18)(H,19,20). The van der Waals surface area contributed by atoms with Crippen molar-refractivity contribution in [2.45, 2.75) is 0 Å². The molecule has 6 nitrogen and oxygen atoms in total. The van der Waals surface area contributed by atoms with Crippen molar-refractivity contribution < 1.29 is 9.21 Å². The quantitative estimate of drug-likeness (QED) is 0.387. The Morgan fingerprint density at radius 1 is 1.45 bits per heavy atom. The maximum absolute atomic E-state index is 11.9. The van der Waals surface area contributed by atoms with Crippen LogP contribution in [0.1, 0.15) is 10.6 Å². The number of halogens is 1. The predicted molar refractivity (Wildman–Crippen MR) is 87.5 cm³/mol. The van der Waals surface area contributed by atoms with E-state index in [1.54, 1.807) is 42.8 Å². The van der Waals surface area contributed by atoms with Crippen molar-refractivity contribution in [3.05, 3.63) is 47.4 Å². The molecule has 2 N–H and O–H groups in total. The Kier molecular flexibility index (Phi) is 5.47. The first kappa shape index (κ1) is 15.9. The number of rotatable bonds is 3. The van der Waals surface area contributed by atoms with Gasteiger partial charge in [0, 0.05) is 0 Å². The van der Waals surface area contributed by atoms with Crippen LogP contribution >= 0.6 is 23.4 Å². The van der Waals surface area contributed by atoms with Gasteiger partial charge in [0.15, 0.2) is 17.1 Å². The highest BCUT2D eigenvalue weighted by Gasteiger charge is 2.11. The highest BCUT2D eigenvalue weighted by Crippen LogP contribution is 2.28. The molecule has 0 spiro atoms. The van der Waals surface area contributed by atoms with E-state index in [1.807, 2.05) is 0 Å². The summed E-state index contributed by atoms with van der Waals surface area (Å²) in [4.78, 5) is 16.1. The number of hydrogen-bond donors (Lipinski definition) is 2. The molecule has 0 radical (unpaired) electrons. The Labute approximate surface area is 136 Å². The second-order valence-corrected chi connectivity index (χ2v) is 5.16. The zero-order chi connectivity index (χ0) is 15.9. The zero-order valence-corrected chi connectivity index (χ0v) is 13.0. The molecule has 8 heteroatoms. The first-order chi connectivity index (χ1) is 10.6. The lowest BCUT2D eigenvalue weighted by atomic mass is 10.2. The number of hydrogen-bond acceptors (Lipinski definition) is 5. The number of anilines is 1. The summed E-state index contributed by atoms with van der Waals surface area (Å²) in [5.74, 6) is -0.194. The number of carbonyl (C=O) groups is 1. The van der Waals surface area contributed by atoms with Gasteiger partial charge in [0.05, 0.1) is 22.7 Å².